The van der Waals surface area contributed by atoms with Crippen molar-refractivity contribution in [2.75, 3.05) is 0 Å². The van der Waals surface area contributed by atoms with Crippen LogP contribution in [0.25, 0.3) is 0 Å². The van der Waals surface area contributed by atoms with Gasteiger partial charge < -0.3 is 9.77 Å². The van der Waals surface area contributed by atoms with Crippen molar-refractivity contribution in [3.05, 3.63) is 103 Å². The Labute approximate surface area is 170 Å². The maximum absolute atomic E-state index is 11.7. The minimum atomic E-state index is -0.119. The fraction of sp³-hybridized carbons (Fsp3) is 0.143. The van der Waals surface area contributed by atoms with Gasteiger partial charge in [0.25, 0.3) is 0 Å². The largest absolute Gasteiger partial charge is 0.411 e. The molecule has 1 atom stereocenters. The van der Waals surface area contributed by atoms with E-state index in [2.05, 4.69) is 21.1 Å². The Morgan fingerprint density at radius 2 is 1.85 bits per heavy atom. The molecule has 0 aliphatic rings. The Bertz CT molecular complexity index is 1030. The molecule has 1 unspecified atom stereocenters. The Balaban J connectivity index is 2.04. The van der Waals surface area contributed by atoms with Crippen molar-refractivity contribution in [2.45, 2.75) is 12.3 Å². The van der Waals surface area contributed by atoms with Crippen LogP contribution in [0.2, 0.25) is 5.02 Å². The molecule has 1 heterocycles. The van der Waals surface area contributed by atoms with Crippen molar-refractivity contribution in [3.63, 3.8) is 0 Å². The summed E-state index contributed by atoms with van der Waals surface area (Å²) < 4.78 is 2.45. The second-order valence-electron chi connectivity index (χ2n) is 6.24. The Hall–Kier alpha value is -2.37. The van der Waals surface area contributed by atoms with Crippen LogP contribution in [0.5, 0.6) is 0 Å². The number of hydrogen-bond acceptors (Lipinski definition) is 3. The minimum absolute atomic E-state index is 0.102. The van der Waals surface area contributed by atoms with Gasteiger partial charge in [0.2, 0.25) is 5.56 Å². The van der Waals surface area contributed by atoms with Gasteiger partial charge in [-0.15, -0.1) is 0 Å². The predicted octanol–water partition coefficient (Wildman–Crippen LogP) is 5.20. The lowest BCUT2D eigenvalue weighted by atomic mass is 9.85. The number of benzene rings is 2. The van der Waals surface area contributed by atoms with E-state index in [1.807, 2.05) is 48.5 Å². The molecule has 0 saturated heterocycles. The molecule has 0 aliphatic carbocycles. The SMILES string of the molecule is Cn1cc(C(CC(c2ccc(Br)cc2)c2ccccc2Cl)=NO)ccc1=O. The second-order valence-corrected chi connectivity index (χ2v) is 7.57. The van der Waals surface area contributed by atoms with E-state index in [0.717, 1.165) is 15.6 Å². The predicted molar refractivity (Wildman–Crippen MR) is 112 cm³/mol. The maximum atomic E-state index is 11.7. The van der Waals surface area contributed by atoms with E-state index in [-0.39, 0.29) is 11.5 Å². The zero-order valence-corrected chi connectivity index (χ0v) is 17.0. The molecule has 0 amide bonds. The van der Waals surface area contributed by atoms with E-state index >= 15 is 0 Å². The highest BCUT2D eigenvalue weighted by Crippen LogP contribution is 2.34. The van der Waals surface area contributed by atoms with Gasteiger partial charge in [0, 0.05) is 46.7 Å². The van der Waals surface area contributed by atoms with Crippen LogP contribution in [-0.4, -0.2) is 15.5 Å². The summed E-state index contributed by atoms with van der Waals surface area (Å²) in [6.45, 7) is 0. The van der Waals surface area contributed by atoms with Crippen LogP contribution in [0, 0.1) is 0 Å². The number of halogens is 2. The summed E-state index contributed by atoms with van der Waals surface area (Å²) in [5, 5.41) is 13.8. The Morgan fingerprint density at radius 1 is 1.15 bits per heavy atom. The van der Waals surface area contributed by atoms with E-state index in [1.165, 1.54) is 10.6 Å². The third kappa shape index (κ3) is 4.49. The van der Waals surface area contributed by atoms with Crippen molar-refractivity contribution in [2.24, 2.45) is 12.2 Å². The average Bonchev–Trinajstić information content (AvgIpc) is 2.67. The molecule has 3 rings (SSSR count). The first kappa shape index (κ1) is 19.4. The molecule has 0 spiro atoms. The van der Waals surface area contributed by atoms with Crippen molar-refractivity contribution in [3.8, 4) is 0 Å². The number of aromatic nitrogens is 1. The highest BCUT2D eigenvalue weighted by Gasteiger charge is 2.21. The van der Waals surface area contributed by atoms with E-state index in [1.54, 1.807) is 19.3 Å². The summed E-state index contributed by atoms with van der Waals surface area (Å²) in [4.78, 5) is 11.7. The van der Waals surface area contributed by atoms with Gasteiger partial charge in [0.15, 0.2) is 0 Å². The van der Waals surface area contributed by atoms with E-state index < -0.39 is 0 Å². The fourth-order valence-corrected chi connectivity index (χ4v) is 3.57. The normalized spacial score (nSPS) is 12.8. The number of oxime groups is 1. The van der Waals surface area contributed by atoms with Gasteiger partial charge >= 0.3 is 0 Å². The van der Waals surface area contributed by atoms with Crippen LogP contribution in [0.1, 0.15) is 29.0 Å². The molecule has 1 aromatic heterocycles. The number of rotatable bonds is 5. The zero-order valence-electron chi connectivity index (χ0n) is 14.6. The molecular weight excluding hydrogens is 428 g/mol. The van der Waals surface area contributed by atoms with Gasteiger partial charge in [0.05, 0.1) is 5.71 Å². The summed E-state index contributed by atoms with van der Waals surface area (Å²) in [5.41, 5.74) is 3.06. The molecule has 0 fully saturated rings. The van der Waals surface area contributed by atoms with E-state index in [4.69, 9.17) is 11.6 Å². The van der Waals surface area contributed by atoms with Crippen molar-refractivity contribution < 1.29 is 5.21 Å². The molecular formula is C21H18BrClN2O2. The number of nitrogens with zero attached hydrogens (tertiary/aromatic N) is 2. The molecule has 138 valence electrons. The van der Waals surface area contributed by atoms with Crippen molar-refractivity contribution >= 4 is 33.2 Å². The van der Waals surface area contributed by atoms with Gasteiger partial charge in [-0.2, -0.15) is 0 Å². The van der Waals surface area contributed by atoms with Gasteiger partial charge in [-0.3, -0.25) is 4.79 Å². The van der Waals surface area contributed by atoms with Crippen LogP contribution in [-0.2, 0) is 7.05 Å². The Morgan fingerprint density at radius 3 is 2.48 bits per heavy atom. The standard InChI is InChI=1S/C21H18BrClN2O2/c1-25-13-15(8-11-21(25)26)20(24-27)12-18(14-6-9-16(22)10-7-14)17-4-2-3-5-19(17)23/h2-11,13,18,27H,12H2,1H3. The van der Waals surface area contributed by atoms with Gasteiger partial charge in [-0.25, -0.2) is 0 Å². The zero-order chi connectivity index (χ0) is 19.4. The van der Waals surface area contributed by atoms with E-state index in [0.29, 0.717) is 22.7 Å². The maximum Gasteiger partial charge on any atom is 0.250 e. The first-order valence-corrected chi connectivity index (χ1v) is 9.54. The highest BCUT2D eigenvalue weighted by molar-refractivity contribution is 9.10. The van der Waals surface area contributed by atoms with Crippen LogP contribution in [0.15, 0.2) is 81.3 Å². The number of pyridine rings is 1. The lowest BCUT2D eigenvalue weighted by Gasteiger charge is -2.20. The van der Waals surface area contributed by atoms with Crippen molar-refractivity contribution in [1.29, 1.82) is 0 Å². The van der Waals surface area contributed by atoms with Crippen LogP contribution in [0.4, 0.5) is 0 Å². The van der Waals surface area contributed by atoms with Crippen molar-refractivity contribution in [1.82, 2.24) is 4.57 Å². The third-order valence-electron chi connectivity index (χ3n) is 4.49. The molecule has 0 aliphatic heterocycles. The summed E-state index contributed by atoms with van der Waals surface area (Å²) in [6, 6.07) is 18.8. The molecule has 2 aromatic carbocycles. The van der Waals surface area contributed by atoms with E-state index in [9.17, 15) is 10.0 Å². The Kier molecular flexibility index (Phi) is 6.14. The summed E-state index contributed by atoms with van der Waals surface area (Å²) >= 11 is 9.92. The van der Waals surface area contributed by atoms with Gasteiger partial charge in [-0.05, 0) is 35.4 Å². The smallest absolute Gasteiger partial charge is 0.250 e. The van der Waals surface area contributed by atoms with Gasteiger partial charge in [0.1, 0.15) is 0 Å². The topological polar surface area (TPSA) is 54.6 Å². The molecule has 3 aromatic rings. The first-order valence-electron chi connectivity index (χ1n) is 8.37. The first-order chi connectivity index (χ1) is 13.0. The fourth-order valence-electron chi connectivity index (χ4n) is 3.03. The monoisotopic (exact) mass is 444 g/mol. The second kappa shape index (κ2) is 8.55. The molecule has 4 nitrogen and oxygen atoms in total. The average molecular weight is 446 g/mol. The molecule has 1 N–H and O–H groups in total. The summed E-state index contributed by atoms with van der Waals surface area (Å²) in [6.07, 6.45) is 2.10. The summed E-state index contributed by atoms with van der Waals surface area (Å²) in [5.74, 6) is -0.102. The quantitative estimate of drug-likeness (QED) is 0.333. The van der Waals surface area contributed by atoms with Crippen LogP contribution in [0.3, 0.4) is 0 Å². The molecule has 27 heavy (non-hydrogen) atoms. The molecule has 6 heteroatoms. The molecule has 0 radical (unpaired) electrons. The minimum Gasteiger partial charge on any atom is -0.411 e. The molecule has 0 saturated carbocycles. The lowest BCUT2D eigenvalue weighted by Crippen LogP contribution is -2.18. The number of hydrogen-bond donors (Lipinski definition) is 1. The lowest BCUT2D eigenvalue weighted by molar-refractivity contribution is 0.317. The van der Waals surface area contributed by atoms with Crippen LogP contribution >= 0.6 is 27.5 Å². The third-order valence-corrected chi connectivity index (χ3v) is 5.36. The highest BCUT2D eigenvalue weighted by atomic mass is 79.9. The van der Waals surface area contributed by atoms with Crippen LogP contribution < -0.4 is 5.56 Å². The van der Waals surface area contributed by atoms with Gasteiger partial charge in [-0.1, -0.05) is 63.0 Å². The summed E-state index contributed by atoms with van der Waals surface area (Å²) in [7, 11) is 1.67. The molecule has 0 bridgehead atoms. The number of aryl methyl sites for hydroxylation is 1.